The van der Waals surface area contributed by atoms with Crippen LogP contribution in [0.4, 0.5) is 13.2 Å². The number of methoxy groups -OCH3 is 1. The lowest BCUT2D eigenvalue weighted by molar-refractivity contribution is -0.173. The lowest BCUT2D eigenvalue weighted by Gasteiger charge is -2.06. The number of fused-ring (bicyclic) bond motifs is 1. The molecule has 148 valence electrons. The Balaban J connectivity index is 1.89. The summed E-state index contributed by atoms with van der Waals surface area (Å²) in [5.41, 5.74) is 4.68. The molecular weight excluding hydrogens is 375 g/mol. The molecule has 3 rings (SSSR count). The second kappa shape index (κ2) is 7.37. The third-order valence-electron chi connectivity index (χ3n) is 4.16. The van der Waals surface area contributed by atoms with Gasteiger partial charge >= 0.3 is 12.1 Å². The van der Waals surface area contributed by atoms with Crippen molar-refractivity contribution in [3.63, 3.8) is 0 Å². The first-order chi connectivity index (χ1) is 13.2. The van der Waals surface area contributed by atoms with E-state index >= 15 is 0 Å². The van der Waals surface area contributed by atoms with E-state index in [-0.39, 0.29) is 12.2 Å². The fourth-order valence-corrected chi connectivity index (χ4v) is 2.65. The average molecular weight is 393 g/mol. The van der Waals surface area contributed by atoms with Crippen molar-refractivity contribution in [3.8, 4) is 11.3 Å². The van der Waals surface area contributed by atoms with E-state index in [1.165, 1.54) is 6.20 Å². The fourth-order valence-electron chi connectivity index (χ4n) is 2.65. The maximum Gasteiger partial charge on any atom is 0.471 e. The van der Waals surface area contributed by atoms with Crippen LogP contribution in [-0.2, 0) is 16.1 Å². The van der Waals surface area contributed by atoms with Crippen LogP contribution < -0.4 is 5.32 Å². The number of hydrogen-bond acceptors (Lipinski definition) is 4. The average Bonchev–Trinajstić information content (AvgIpc) is 3.21. The van der Waals surface area contributed by atoms with Crippen LogP contribution in [0.15, 0.2) is 24.2 Å². The number of alkyl halides is 3. The summed E-state index contributed by atoms with van der Waals surface area (Å²) in [4.78, 5) is 25.7. The standard InChI is InChI=1S/C18H18F3N5O2/c1-9(28-3)4-12-10(2)22-8-13(12)14-5-15-16(26-14)23-6-11(25-15)7-24-17(27)18(19,20)21/h4-6,8,22H,7H2,1-3H3,(H,23,26)(H,24,27). The van der Waals surface area contributed by atoms with E-state index < -0.39 is 12.1 Å². The van der Waals surface area contributed by atoms with Crippen LogP contribution in [0, 0.1) is 6.92 Å². The van der Waals surface area contributed by atoms with Crippen molar-refractivity contribution in [2.75, 3.05) is 7.11 Å². The molecule has 3 aromatic rings. The number of nitrogens with zero attached hydrogens (tertiary/aromatic N) is 2. The van der Waals surface area contributed by atoms with E-state index in [0.29, 0.717) is 11.2 Å². The van der Waals surface area contributed by atoms with Crippen molar-refractivity contribution in [2.45, 2.75) is 26.6 Å². The summed E-state index contributed by atoms with van der Waals surface area (Å²) in [5, 5.41) is 1.78. The smallest absolute Gasteiger partial charge is 0.471 e. The Hall–Kier alpha value is -3.30. The summed E-state index contributed by atoms with van der Waals surface area (Å²) in [6.07, 6.45) is 0.109. The Morgan fingerprint density at radius 3 is 2.82 bits per heavy atom. The second-order valence-corrected chi connectivity index (χ2v) is 6.16. The van der Waals surface area contributed by atoms with Crippen molar-refractivity contribution < 1.29 is 22.7 Å². The predicted octanol–water partition coefficient (Wildman–Crippen LogP) is 3.45. The van der Waals surface area contributed by atoms with Gasteiger partial charge in [0.2, 0.25) is 0 Å². The Kier molecular flexibility index (Phi) is 5.12. The predicted molar refractivity (Wildman–Crippen MR) is 97.0 cm³/mol. The van der Waals surface area contributed by atoms with Crippen LogP contribution in [0.3, 0.4) is 0 Å². The molecule has 0 spiro atoms. The molecule has 0 saturated heterocycles. The van der Waals surface area contributed by atoms with Crippen molar-refractivity contribution >= 4 is 23.1 Å². The van der Waals surface area contributed by atoms with Crippen LogP contribution in [0.1, 0.15) is 23.9 Å². The first-order valence-corrected chi connectivity index (χ1v) is 8.29. The maximum absolute atomic E-state index is 12.3. The van der Waals surface area contributed by atoms with Gasteiger partial charge in [-0.15, -0.1) is 0 Å². The SMILES string of the molecule is COC(C)=Cc1c(-c2cc3nc(CNC(=O)C(F)(F)F)cnc3[nH]2)c[nH]c1C. The molecule has 1 amide bonds. The van der Waals surface area contributed by atoms with E-state index in [4.69, 9.17) is 4.74 Å². The Morgan fingerprint density at radius 1 is 1.39 bits per heavy atom. The summed E-state index contributed by atoms with van der Waals surface area (Å²) in [6.45, 7) is 3.40. The summed E-state index contributed by atoms with van der Waals surface area (Å²) in [6, 6.07) is 1.75. The molecule has 3 heterocycles. The molecule has 0 fully saturated rings. The molecule has 0 unspecified atom stereocenters. The minimum atomic E-state index is -4.94. The first-order valence-electron chi connectivity index (χ1n) is 8.29. The minimum Gasteiger partial charge on any atom is -0.501 e. The molecule has 10 heteroatoms. The van der Waals surface area contributed by atoms with Gasteiger partial charge in [0.1, 0.15) is 5.52 Å². The van der Waals surface area contributed by atoms with Gasteiger partial charge in [-0.05, 0) is 26.0 Å². The monoisotopic (exact) mass is 393 g/mol. The Morgan fingerprint density at radius 2 is 2.14 bits per heavy atom. The summed E-state index contributed by atoms with van der Waals surface area (Å²) in [5.74, 6) is -1.28. The number of aromatic amines is 2. The number of H-pyrrole nitrogens is 2. The number of hydrogen-bond donors (Lipinski definition) is 3. The lowest BCUT2D eigenvalue weighted by atomic mass is 10.1. The van der Waals surface area contributed by atoms with E-state index in [9.17, 15) is 18.0 Å². The first kappa shape index (κ1) is 19.5. The number of amides is 1. The second-order valence-electron chi connectivity index (χ2n) is 6.16. The number of halogens is 3. The van der Waals surface area contributed by atoms with E-state index in [1.807, 2.05) is 26.1 Å². The molecule has 28 heavy (non-hydrogen) atoms. The molecule has 0 radical (unpaired) electrons. The van der Waals surface area contributed by atoms with Gasteiger partial charge < -0.3 is 20.0 Å². The number of aromatic nitrogens is 4. The molecule has 3 aromatic heterocycles. The van der Waals surface area contributed by atoms with Crippen LogP contribution in [0.2, 0.25) is 0 Å². The number of aryl methyl sites for hydroxylation is 1. The number of allylic oxidation sites excluding steroid dienone is 1. The van der Waals surface area contributed by atoms with Gasteiger partial charge in [-0.3, -0.25) is 4.79 Å². The summed E-state index contributed by atoms with van der Waals surface area (Å²) >= 11 is 0. The van der Waals surface area contributed by atoms with Crippen LogP contribution >= 0.6 is 0 Å². The number of nitrogens with one attached hydrogen (secondary N) is 3. The molecule has 0 bridgehead atoms. The molecule has 0 aromatic carbocycles. The van der Waals surface area contributed by atoms with Crippen molar-refractivity contribution in [1.82, 2.24) is 25.3 Å². The highest BCUT2D eigenvalue weighted by Crippen LogP contribution is 2.29. The highest BCUT2D eigenvalue weighted by Gasteiger charge is 2.38. The lowest BCUT2D eigenvalue weighted by Crippen LogP contribution is -2.36. The molecule has 0 saturated carbocycles. The molecular formula is C18H18F3N5O2. The maximum atomic E-state index is 12.3. The zero-order valence-electron chi connectivity index (χ0n) is 15.4. The zero-order chi connectivity index (χ0) is 20.5. The normalized spacial score (nSPS) is 12.4. The number of rotatable bonds is 5. The van der Waals surface area contributed by atoms with Gasteiger partial charge in [0.15, 0.2) is 5.65 Å². The number of carbonyl (C=O) groups excluding carboxylic acids is 1. The molecule has 0 aliphatic carbocycles. The van der Waals surface area contributed by atoms with Gasteiger partial charge in [0.25, 0.3) is 0 Å². The third-order valence-corrected chi connectivity index (χ3v) is 4.16. The van der Waals surface area contributed by atoms with Gasteiger partial charge in [-0.2, -0.15) is 13.2 Å². The van der Waals surface area contributed by atoms with E-state index in [0.717, 1.165) is 28.3 Å². The molecule has 7 nitrogen and oxygen atoms in total. The van der Waals surface area contributed by atoms with Crippen molar-refractivity contribution in [3.05, 3.63) is 41.2 Å². The molecule has 0 aliphatic heterocycles. The third kappa shape index (κ3) is 4.00. The minimum absolute atomic E-state index is 0.219. The van der Waals surface area contributed by atoms with Gasteiger partial charge in [0, 0.05) is 23.0 Å². The summed E-state index contributed by atoms with van der Waals surface area (Å²) in [7, 11) is 1.59. The zero-order valence-corrected chi connectivity index (χ0v) is 15.4. The van der Waals surface area contributed by atoms with Crippen LogP contribution in [-0.4, -0.2) is 39.1 Å². The molecule has 3 N–H and O–H groups in total. The highest BCUT2D eigenvalue weighted by molar-refractivity contribution is 5.84. The quantitative estimate of drug-likeness (QED) is 0.579. The van der Waals surface area contributed by atoms with Crippen molar-refractivity contribution in [1.29, 1.82) is 0 Å². The fraction of sp³-hybridized carbons (Fsp3) is 0.278. The van der Waals surface area contributed by atoms with Gasteiger partial charge in [-0.1, -0.05) is 0 Å². The largest absolute Gasteiger partial charge is 0.501 e. The topological polar surface area (TPSA) is 95.7 Å². The van der Waals surface area contributed by atoms with Crippen LogP contribution in [0.25, 0.3) is 28.5 Å². The Labute approximate surface area is 158 Å². The van der Waals surface area contributed by atoms with Crippen molar-refractivity contribution in [2.24, 2.45) is 0 Å². The molecule has 0 aliphatic rings. The van der Waals surface area contributed by atoms with E-state index in [2.05, 4.69) is 19.9 Å². The van der Waals surface area contributed by atoms with Gasteiger partial charge in [0.05, 0.1) is 37.0 Å². The molecule has 0 atom stereocenters. The van der Waals surface area contributed by atoms with Gasteiger partial charge in [-0.25, -0.2) is 9.97 Å². The number of carbonyl (C=O) groups is 1. The van der Waals surface area contributed by atoms with Crippen LogP contribution in [0.5, 0.6) is 0 Å². The summed E-state index contributed by atoms with van der Waals surface area (Å²) < 4.78 is 42.1. The van der Waals surface area contributed by atoms with E-state index in [1.54, 1.807) is 18.5 Å². The Bertz CT molecular complexity index is 1050. The highest BCUT2D eigenvalue weighted by atomic mass is 19.4. The number of ether oxygens (including phenoxy) is 1.